The van der Waals surface area contributed by atoms with Crippen molar-refractivity contribution in [1.29, 1.82) is 0 Å². The number of amides is 1. The van der Waals surface area contributed by atoms with E-state index in [1.54, 1.807) is 29.9 Å². The third kappa shape index (κ3) is 3.82. The third-order valence-corrected chi connectivity index (χ3v) is 5.09. The second-order valence-electron chi connectivity index (χ2n) is 7.64. The summed E-state index contributed by atoms with van der Waals surface area (Å²) in [5, 5.41) is 17.7. The first-order chi connectivity index (χ1) is 14.1. The Morgan fingerprint density at radius 1 is 1.33 bits per heavy atom. The smallest absolute Gasteiger partial charge is 0.433 e. The number of aliphatic hydroxyl groups is 1. The average Bonchev–Trinajstić information content (AvgIpc) is 3.07. The number of carbonyl (C=O) groups is 1. The molecule has 0 atom stereocenters. The Bertz CT molecular complexity index is 1120. The Morgan fingerprint density at radius 3 is 2.70 bits per heavy atom. The molecule has 1 aliphatic rings. The minimum Gasteiger partial charge on any atom is -0.494 e. The molecule has 158 valence electrons. The number of rotatable bonds is 4. The highest BCUT2D eigenvalue weighted by molar-refractivity contribution is 6.05. The van der Waals surface area contributed by atoms with Crippen LogP contribution in [-0.2, 0) is 6.18 Å². The number of halogens is 3. The lowest BCUT2D eigenvalue weighted by molar-refractivity contribution is -0.141. The van der Waals surface area contributed by atoms with Crippen LogP contribution < -0.4 is 10.1 Å². The third-order valence-electron chi connectivity index (χ3n) is 5.09. The van der Waals surface area contributed by atoms with Crippen molar-refractivity contribution in [3.8, 4) is 5.75 Å². The summed E-state index contributed by atoms with van der Waals surface area (Å²) in [6, 6.07) is 6.48. The molecule has 1 fully saturated rings. The van der Waals surface area contributed by atoms with Gasteiger partial charge in [-0.3, -0.25) is 9.48 Å². The van der Waals surface area contributed by atoms with Crippen molar-refractivity contribution >= 4 is 22.5 Å². The van der Waals surface area contributed by atoms with Crippen LogP contribution in [0.15, 0.2) is 36.5 Å². The lowest BCUT2D eigenvalue weighted by Crippen LogP contribution is -2.42. The molecule has 1 aromatic carbocycles. The second-order valence-corrected chi connectivity index (χ2v) is 7.64. The number of fused-ring (bicyclic) bond motifs is 1. The van der Waals surface area contributed by atoms with Crippen LogP contribution >= 0.6 is 0 Å². The summed E-state index contributed by atoms with van der Waals surface area (Å²) in [4.78, 5) is 15.9. The van der Waals surface area contributed by atoms with Gasteiger partial charge in [-0.05, 0) is 38.0 Å². The lowest BCUT2D eigenvalue weighted by atomic mass is 9.77. The largest absolute Gasteiger partial charge is 0.494 e. The van der Waals surface area contributed by atoms with Gasteiger partial charge in [0.1, 0.15) is 17.1 Å². The maximum absolute atomic E-state index is 12.9. The maximum Gasteiger partial charge on any atom is 0.433 e. The van der Waals surface area contributed by atoms with Crippen LogP contribution in [0, 0.1) is 0 Å². The van der Waals surface area contributed by atoms with Crippen LogP contribution in [0.3, 0.4) is 0 Å². The first-order valence-corrected chi connectivity index (χ1v) is 9.21. The fourth-order valence-electron chi connectivity index (χ4n) is 3.57. The molecule has 1 amide bonds. The number of carbonyl (C=O) groups excluding carboxylic acids is 1. The molecule has 1 saturated carbocycles. The molecule has 0 spiro atoms. The molecule has 0 saturated heterocycles. The minimum atomic E-state index is -4.65. The van der Waals surface area contributed by atoms with Gasteiger partial charge in [0.15, 0.2) is 0 Å². The van der Waals surface area contributed by atoms with E-state index in [4.69, 9.17) is 4.74 Å². The van der Waals surface area contributed by atoms with Crippen molar-refractivity contribution in [1.82, 2.24) is 14.8 Å². The highest BCUT2D eigenvalue weighted by Gasteiger charge is 2.40. The minimum absolute atomic E-state index is 0.0748. The molecule has 3 aromatic rings. The SMILES string of the molecule is COc1cc2nn(C3CC(C)(O)C3)cc2cc1NC(=O)c1cccc(C(F)(F)F)n1. The van der Waals surface area contributed by atoms with Crippen LogP contribution in [0.1, 0.15) is 42.0 Å². The molecule has 0 radical (unpaired) electrons. The molecule has 0 bridgehead atoms. The van der Waals surface area contributed by atoms with Crippen molar-refractivity contribution in [2.24, 2.45) is 0 Å². The predicted octanol–water partition coefficient (Wildman–Crippen LogP) is 3.80. The van der Waals surface area contributed by atoms with Crippen molar-refractivity contribution in [3.63, 3.8) is 0 Å². The number of ether oxygens (including phenoxy) is 1. The van der Waals surface area contributed by atoms with Gasteiger partial charge in [0.2, 0.25) is 0 Å². The van der Waals surface area contributed by atoms with E-state index in [2.05, 4.69) is 15.4 Å². The quantitative estimate of drug-likeness (QED) is 0.670. The number of hydrogen-bond donors (Lipinski definition) is 2. The van der Waals surface area contributed by atoms with Gasteiger partial charge in [0, 0.05) is 17.6 Å². The number of hydrogen-bond acceptors (Lipinski definition) is 5. The van der Waals surface area contributed by atoms with Crippen LogP contribution in [-0.4, -0.2) is 38.5 Å². The van der Waals surface area contributed by atoms with E-state index in [-0.39, 0.29) is 17.4 Å². The number of methoxy groups -OCH3 is 1. The molecule has 0 unspecified atom stereocenters. The van der Waals surface area contributed by atoms with E-state index in [9.17, 15) is 23.1 Å². The van der Waals surface area contributed by atoms with Crippen LogP contribution in [0.2, 0.25) is 0 Å². The van der Waals surface area contributed by atoms with Crippen LogP contribution in [0.25, 0.3) is 10.9 Å². The Kier molecular flexibility index (Phi) is 4.69. The normalized spacial score (nSPS) is 21.3. The molecule has 10 heteroatoms. The van der Waals surface area contributed by atoms with Gasteiger partial charge < -0.3 is 15.2 Å². The summed E-state index contributed by atoms with van der Waals surface area (Å²) >= 11 is 0. The van der Waals surface area contributed by atoms with E-state index in [0.717, 1.165) is 17.5 Å². The number of aromatic nitrogens is 3. The zero-order valence-electron chi connectivity index (χ0n) is 16.2. The standard InChI is InChI=1S/C20H19F3N4O3/c1-19(29)8-12(9-19)27-10-11-6-15(16(30-2)7-14(11)26-27)25-18(28)13-4-3-5-17(24-13)20(21,22)23/h3-7,10,12,29H,8-9H2,1-2H3,(H,25,28). The molecule has 2 heterocycles. The fourth-order valence-corrected chi connectivity index (χ4v) is 3.57. The second kappa shape index (κ2) is 6.98. The van der Waals surface area contributed by atoms with E-state index >= 15 is 0 Å². The van der Waals surface area contributed by atoms with E-state index in [1.165, 1.54) is 13.2 Å². The van der Waals surface area contributed by atoms with Crippen molar-refractivity contribution in [3.05, 3.63) is 47.9 Å². The number of pyridine rings is 1. The maximum atomic E-state index is 12.9. The van der Waals surface area contributed by atoms with Crippen molar-refractivity contribution in [2.45, 2.75) is 37.6 Å². The molecule has 2 N–H and O–H groups in total. The highest BCUT2D eigenvalue weighted by Crippen LogP contribution is 2.41. The molecule has 30 heavy (non-hydrogen) atoms. The number of alkyl halides is 3. The van der Waals surface area contributed by atoms with Gasteiger partial charge in [-0.1, -0.05) is 6.07 Å². The molecule has 7 nitrogen and oxygen atoms in total. The number of benzene rings is 1. The summed E-state index contributed by atoms with van der Waals surface area (Å²) < 4.78 is 45.7. The lowest BCUT2D eigenvalue weighted by Gasteiger charge is -2.40. The Labute approximate surface area is 169 Å². The summed E-state index contributed by atoms with van der Waals surface area (Å²) in [5.74, 6) is -0.477. The van der Waals surface area contributed by atoms with E-state index in [0.29, 0.717) is 24.1 Å². The van der Waals surface area contributed by atoms with Gasteiger partial charge in [0.05, 0.1) is 30.0 Å². The zero-order chi connectivity index (χ0) is 21.7. The average molecular weight is 420 g/mol. The number of nitrogens with zero attached hydrogens (tertiary/aromatic N) is 3. The fraction of sp³-hybridized carbons (Fsp3) is 0.350. The zero-order valence-corrected chi connectivity index (χ0v) is 16.2. The Morgan fingerprint density at radius 2 is 2.07 bits per heavy atom. The van der Waals surface area contributed by atoms with Gasteiger partial charge >= 0.3 is 6.18 Å². The number of nitrogens with one attached hydrogen (secondary N) is 1. The highest BCUT2D eigenvalue weighted by atomic mass is 19.4. The Hall–Kier alpha value is -3.14. The molecular formula is C20H19F3N4O3. The van der Waals surface area contributed by atoms with Gasteiger partial charge in [-0.25, -0.2) is 4.98 Å². The van der Waals surface area contributed by atoms with E-state index in [1.807, 2.05) is 0 Å². The van der Waals surface area contributed by atoms with E-state index < -0.39 is 23.4 Å². The summed E-state index contributed by atoms with van der Waals surface area (Å²) in [5.41, 5.74) is -1.28. The number of anilines is 1. The summed E-state index contributed by atoms with van der Waals surface area (Å²) in [6.07, 6.45) is -1.67. The first-order valence-electron chi connectivity index (χ1n) is 9.21. The molecule has 4 rings (SSSR count). The molecule has 2 aromatic heterocycles. The predicted molar refractivity (Wildman–Crippen MR) is 102 cm³/mol. The summed E-state index contributed by atoms with van der Waals surface area (Å²) in [7, 11) is 1.42. The van der Waals surface area contributed by atoms with Gasteiger partial charge in [0.25, 0.3) is 5.91 Å². The molecule has 0 aliphatic heterocycles. The molecule has 1 aliphatic carbocycles. The van der Waals surface area contributed by atoms with Gasteiger partial charge in [-0.2, -0.15) is 18.3 Å². The van der Waals surface area contributed by atoms with Gasteiger partial charge in [-0.15, -0.1) is 0 Å². The monoisotopic (exact) mass is 420 g/mol. The van der Waals surface area contributed by atoms with Crippen LogP contribution in [0.4, 0.5) is 18.9 Å². The van der Waals surface area contributed by atoms with Crippen molar-refractivity contribution in [2.75, 3.05) is 12.4 Å². The Balaban J connectivity index is 1.61. The molecular weight excluding hydrogens is 401 g/mol. The van der Waals surface area contributed by atoms with Crippen molar-refractivity contribution < 1.29 is 27.8 Å². The first kappa shape index (κ1) is 20.1. The topological polar surface area (TPSA) is 89.3 Å². The van der Waals surface area contributed by atoms with Crippen LogP contribution in [0.5, 0.6) is 5.75 Å². The summed E-state index contributed by atoms with van der Waals surface area (Å²) in [6.45, 7) is 1.77.